The smallest absolute Gasteiger partial charge is 0.314 e. The average molecular weight is 372 g/mol. The van der Waals surface area contributed by atoms with E-state index in [1.165, 1.54) is 12.7 Å². The minimum atomic E-state index is -0.273. The number of hydrogen-bond acceptors (Lipinski definition) is 5. The number of piperidine rings is 1. The van der Waals surface area contributed by atoms with Gasteiger partial charge >= 0.3 is 5.97 Å². The molecule has 6 nitrogen and oxygen atoms in total. The standard InChI is InChI=1S/C21H28N2O4/c1-5-21-7-6-8-22-19(21)17-12-9-15(25-2)16(26-3)10-14(12)23-18(17)13(11-21)20(24)27-4/h9-10,13,19,22-23H,5-8,11H2,1-4H3/t13?,19?,21-/m0/s1. The highest BCUT2D eigenvalue weighted by molar-refractivity contribution is 5.91. The number of ether oxygens (including phenoxy) is 3. The Morgan fingerprint density at radius 3 is 2.63 bits per heavy atom. The van der Waals surface area contributed by atoms with Crippen LogP contribution in [0.1, 0.15) is 55.8 Å². The van der Waals surface area contributed by atoms with Gasteiger partial charge in [0.1, 0.15) is 0 Å². The van der Waals surface area contributed by atoms with Crippen molar-refractivity contribution in [2.45, 2.75) is 44.6 Å². The summed E-state index contributed by atoms with van der Waals surface area (Å²) in [6.45, 7) is 3.23. The Morgan fingerprint density at radius 1 is 1.22 bits per heavy atom. The lowest BCUT2D eigenvalue weighted by Gasteiger charge is -2.49. The van der Waals surface area contributed by atoms with E-state index in [-0.39, 0.29) is 23.3 Å². The minimum Gasteiger partial charge on any atom is -0.493 e. The van der Waals surface area contributed by atoms with Crippen molar-refractivity contribution in [2.24, 2.45) is 5.41 Å². The van der Waals surface area contributed by atoms with Gasteiger partial charge in [-0.3, -0.25) is 4.79 Å². The third-order valence-corrected chi connectivity index (χ3v) is 6.62. The molecular weight excluding hydrogens is 344 g/mol. The van der Waals surface area contributed by atoms with Gasteiger partial charge in [-0.25, -0.2) is 0 Å². The zero-order valence-corrected chi connectivity index (χ0v) is 16.5. The van der Waals surface area contributed by atoms with Crippen LogP contribution >= 0.6 is 0 Å². The predicted octanol–water partition coefficient (Wildman–Crippen LogP) is 3.67. The Kier molecular flexibility index (Phi) is 4.54. The molecule has 2 unspecified atom stereocenters. The Balaban J connectivity index is 1.99. The summed E-state index contributed by atoms with van der Waals surface area (Å²) < 4.78 is 16.2. The van der Waals surface area contributed by atoms with Crippen LogP contribution in [0.25, 0.3) is 10.9 Å². The first-order valence-electron chi connectivity index (χ1n) is 9.67. The Labute approximate surface area is 159 Å². The van der Waals surface area contributed by atoms with Crippen LogP contribution in [0.2, 0.25) is 0 Å². The van der Waals surface area contributed by atoms with Crippen LogP contribution in [-0.4, -0.2) is 38.8 Å². The first kappa shape index (κ1) is 18.2. The van der Waals surface area contributed by atoms with E-state index in [0.29, 0.717) is 11.5 Å². The van der Waals surface area contributed by atoms with Gasteiger partial charge in [0.25, 0.3) is 0 Å². The van der Waals surface area contributed by atoms with Gasteiger partial charge < -0.3 is 24.5 Å². The third-order valence-electron chi connectivity index (χ3n) is 6.62. The number of carbonyl (C=O) groups excluding carboxylic acids is 1. The van der Waals surface area contributed by atoms with Gasteiger partial charge in [-0.05, 0) is 49.3 Å². The van der Waals surface area contributed by atoms with E-state index in [2.05, 4.69) is 17.2 Å². The maximum atomic E-state index is 12.7. The summed E-state index contributed by atoms with van der Waals surface area (Å²) >= 11 is 0. The predicted molar refractivity (Wildman–Crippen MR) is 103 cm³/mol. The van der Waals surface area contributed by atoms with E-state index in [4.69, 9.17) is 14.2 Å². The fraction of sp³-hybridized carbons (Fsp3) is 0.571. The van der Waals surface area contributed by atoms with Gasteiger partial charge in [-0.2, -0.15) is 0 Å². The summed E-state index contributed by atoms with van der Waals surface area (Å²) in [5.41, 5.74) is 3.18. The van der Waals surface area contributed by atoms with Crippen molar-refractivity contribution < 1.29 is 19.0 Å². The van der Waals surface area contributed by atoms with E-state index < -0.39 is 0 Å². The molecule has 0 amide bonds. The molecule has 4 rings (SSSR count). The van der Waals surface area contributed by atoms with Gasteiger partial charge in [-0.15, -0.1) is 0 Å². The molecular formula is C21H28N2O4. The molecule has 146 valence electrons. The highest BCUT2D eigenvalue weighted by Gasteiger charge is 2.50. The Bertz CT molecular complexity index is 875. The monoisotopic (exact) mass is 372 g/mol. The molecule has 2 aliphatic rings. The normalized spacial score (nSPS) is 27.0. The van der Waals surface area contributed by atoms with Gasteiger partial charge in [0.2, 0.25) is 0 Å². The largest absolute Gasteiger partial charge is 0.493 e. The van der Waals surface area contributed by atoms with Crippen LogP contribution in [0.5, 0.6) is 11.5 Å². The van der Waals surface area contributed by atoms with Crippen molar-refractivity contribution in [2.75, 3.05) is 27.9 Å². The van der Waals surface area contributed by atoms with Crippen molar-refractivity contribution >= 4 is 16.9 Å². The molecule has 0 saturated carbocycles. The first-order chi connectivity index (χ1) is 13.1. The number of methoxy groups -OCH3 is 3. The van der Waals surface area contributed by atoms with Crippen LogP contribution in [0.3, 0.4) is 0 Å². The van der Waals surface area contributed by atoms with Gasteiger partial charge in [-0.1, -0.05) is 6.92 Å². The van der Waals surface area contributed by atoms with Crippen molar-refractivity contribution in [1.82, 2.24) is 10.3 Å². The molecule has 2 heterocycles. The molecule has 27 heavy (non-hydrogen) atoms. The summed E-state index contributed by atoms with van der Waals surface area (Å²) in [5.74, 6) is 0.936. The number of aromatic nitrogens is 1. The van der Waals surface area contributed by atoms with E-state index in [1.54, 1.807) is 14.2 Å². The third kappa shape index (κ3) is 2.61. The number of esters is 1. The highest BCUT2D eigenvalue weighted by Crippen LogP contribution is 2.57. The van der Waals surface area contributed by atoms with Gasteiger partial charge in [0, 0.05) is 28.7 Å². The van der Waals surface area contributed by atoms with Crippen LogP contribution in [0.15, 0.2) is 12.1 Å². The van der Waals surface area contributed by atoms with Crippen LogP contribution in [0, 0.1) is 5.41 Å². The SMILES string of the molecule is CC[C@@]12CCCNC1c1c([nH]c3cc(OC)c(OC)cc13)C(C(=O)OC)C2. The first-order valence-corrected chi connectivity index (χ1v) is 9.67. The van der Waals surface area contributed by atoms with Crippen molar-refractivity contribution in [1.29, 1.82) is 0 Å². The fourth-order valence-electron chi connectivity index (χ4n) is 5.20. The second kappa shape index (κ2) is 6.75. The molecule has 1 aromatic heterocycles. The lowest BCUT2D eigenvalue weighted by atomic mass is 9.60. The average Bonchev–Trinajstić information content (AvgIpc) is 3.09. The minimum absolute atomic E-state index is 0.0619. The van der Waals surface area contributed by atoms with Crippen LogP contribution in [0.4, 0.5) is 0 Å². The van der Waals surface area contributed by atoms with Crippen molar-refractivity contribution in [3.8, 4) is 11.5 Å². The lowest BCUT2D eigenvalue weighted by molar-refractivity contribution is -0.144. The van der Waals surface area contributed by atoms with Gasteiger partial charge in [0.15, 0.2) is 11.5 Å². The molecule has 1 aliphatic heterocycles. The molecule has 1 fully saturated rings. The van der Waals surface area contributed by atoms with Crippen molar-refractivity contribution in [3.63, 3.8) is 0 Å². The quantitative estimate of drug-likeness (QED) is 0.801. The zero-order chi connectivity index (χ0) is 19.2. The van der Waals surface area contributed by atoms with E-state index in [0.717, 1.165) is 48.8 Å². The summed E-state index contributed by atoms with van der Waals surface area (Å²) in [4.78, 5) is 16.2. The molecule has 0 spiro atoms. The number of nitrogens with one attached hydrogen (secondary N) is 2. The molecule has 6 heteroatoms. The number of aromatic amines is 1. The lowest BCUT2D eigenvalue weighted by Crippen LogP contribution is -2.47. The van der Waals surface area contributed by atoms with Gasteiger partial charge in [0.05, 0.1) is 27.2 Å². The number of H-pyrrole nitrogens is 1. The van der Waals surface area contributed by atoms with E-state index >= 15 is 0 Å². The molecule has 0 radical (unpaired) electrons. The number of fused-ring (bicyclic) bond motifs is 5. The summed E-state index contributed by atoms with van der Waals surface area (Å²) in [7, 11) is 4.75. The van der Waals surface area contributed by atoms with Crippen molar-refractivity contribution in [3.05, 3.63) is 23.4 Å². The molecule has 1 aromatic carbocycles. The molecule has 0 bridgehead atoms. The number of hydrogen-bond donors (Lipinski definition) is 2. The maximum absolute atomic E-state index is 12.7. The molecule has 2 N–H and O–H groups in total. The van der Waals surface area contributed by atoms with E-state index in [1.807, 2.05) is 12.1 Å². The second-order valence-corrected chi connectivity index (χ2v) is 7.69. The molecule has 2 aromatic rings. The summed E-state index contributed by atoms with van der Waals surface area (Å²) in [5, 5.41) is 4.84. The Morgan fingerprint density at radius 2 is 1.96 bits per heavy atom. The molecule has 3 atom stereocenters. The van der Waals surface area contributed by atoms with Crippen LogP contribution < -0.4 is 14.8 Å². The molecule has 1 saturated heterocycles. The second-order valence-electron chi connectivity index (χ2n) is 7.69. The maximum Gasteiger partial charge on any atom is 0.314 e. The number of carbonyl (C=O) groups is 1. The zero-order valence-electron chi connectivity index (χ0n) is 16.5. The number of rotatable bonds is 4. The summed E-state index contributed by atoms with van der Waals surface area (Å²) in [6.07, 6.45) is 4.08. The molecule has 1 aliphatic carbocycles. The fourth-order valence-corrected chi connectivity index (χ4v) is 5.20. The highest BCUT2D eigenvalue weighted by atomic mass is 16.5. The summed E-state index contributed by atoms with van der Waals surface area (Å²) in [6, 6.07) is 4.20. The Hall–Kier alpha value is -2.21. The van der Waals surface area contributed by atoms with Crippen LogP contribution in [-0.2, 0) is 9.53 Å². The topological polar surface area (TPSA) is 72.6 Å². The number of benzene rings is 1. The van der Waals surface area contributed by atoms with E-state index in [9.17, 15) is 4.79 Å².